The summed E-state index contributed by atoms with van der Waals surface area (Å²) < 4.78 is 7.20. The number of amides is 1. The number of rotatable bonds is 5. The Morgan fingerprint density at radius 3 is 2.75 bits per heavy atom. The molecule has 0 aliphatic heterocycles. The second-order valence-electron chi connectivity index (χ2n) is 5.13. The van der Waals surface area contributed by atoms with Gasteiger partial charge in [0.15, 0.2) is 6.10 Å². The van der Waals surface area contributed by atoms with Crippen LogP contribution < -0.4 is 10.2 Å². The van der Waals surface area contributed by atoms with Crippen LogP contribution in [0.2, 0.25) is 0 Å². The van der Waals surface area contributed by atoms with Gasteiger partial charge in [-0.3, -0.25) is 4.79 Å². The van der Waals surface area contributed by atoms with Crippen molar-refractivity contribution in [2.75, 3.05) is 0 Å². The van der Waals surface area contributed by atoms with Crippen LogP contribution in [0.15, 0.2) is 50.4 Å². The molecule has 2 rings (SSSR count). The minimum atomic E-state index is -0.725. The third kappa shape index (κ3) is 5.07. The van der Waals surface area contributed by atoms with Crippen LogP contribution >= 0.6 is 31.9 Å². The van der Waals surface area contributed by atoms with Gasteiger partial charge in [-0.1, -0.05) is 22.0 Å². The molecule has 0 heterocycles. The predicted octanol–water partition coefficient (Wildman–Crippen LogP) is 4.14. The predicted molar refractivity (Wildman–Crippen MR) is 101 cm³/mol. The fourth-order valence-electron chi connectivity index (χ4n) is 1.83. The van der Waals surface area contributed by atoms with Crippen molar-refractivity contribution in [3.63, 3.8) is 0 Å². The summed E-state index contributed by atoms with van der Waals surface area (Å²) in [6.45, 7) is 3.60. The topological polar surface area (TPSA) is 70.9 Å². The minimum absolute atomic E-state index is 0.0732. The molecule has 0 saturated heterocycles. The lowest BCUT2D eigenvalue weighted by molar-refractivity contribution is -0.127. The molecule has 24 heavy (non-hydrogen) atoms. The first-order valence-electron chi connectivity index (χ1n) is 7.11. The summed E-state index contributed by atoms with van der Waals surface area (Å²) in [5.41, 5.74) is 3.97. The number of hydrazone groups is 1. The van der Waals surface area contributed by atoms with Gasteiger partial charge in [-0.15, -0.1) is 0 Å². The second kappa shape index (κ2) is 8.30. The first-order valence-corrected chi connectivity index (χ1v) is 8.69. The Labute approximate surface area is 157 Å². The van der Waals surface area contributed by atoms with E-state index in [4.69, 9.17) is 4.74 Å². The highest BCUT2D eigenvalue weighted by Gasteiger charge is 2.15. The lowest BCUT2D eigenvalue weighted by Gasteiger charge is -2.14. The van der Waals surface area contributed by atoms with Crippen molar-refractivity contribution in [1.82, 2.24) is 5.43 Å². The molecule has 0 spiro atoms. The summed E-state index contributed by atoms with van der Waals surface area (Å²) in [7, 11) is 0. The number of nitrogens with zero attached hydrogens (tertiary/aromatic N) is 1. The molecule has 0 aromatic heterocycles. The number of phenolic OH excluding ortho intramolecular Hbond substituents is 1. The third-order valence-corrected chi connectivity index (χ3v) is 4.24. The van der Waals surface area contributed by atoms with E-state index in [9.17, 15) is 9.90 Å². The Hall–Kier alpha value is -1.86. The van der Waals surface area contributed by atoms with Gasteiger partial charge in [0.25, 0.3) is 5.91 Å². The normalized spacial score (nSPS) is 12.2. The SMILES string of the molecule is Cc1ccc(OC(C)C(=O)N/N=C/c2cc(Br)ccc2O)c(Br)c1. The summed E-state index contributed by atoms with van der Waals surface area (Å²) in [6, 6.07) is 10.5. The first-order chi connectivity index (χ1) is 11.4. The number of aromatic hydroxyl groups is 1. The van der Waals surface area contributed by atoms with Gasteiger partial charge in [-0.2, -0.15) is 5.10 Å². The van der Waals surface area contributed by atoms with E-state index in [1.807, 2.05) is 19.1 Å². The fourth-order valence-corrected chi connectivity index (χ4v) is 2.80. The number of ether oxygens (including phenoxy) is 1. The van der Waals surface area contributed by atoms with Gasteiger partial charge in [0.2, 0.25) is 0 Å². The van der Waals surface area contributed by atoms with Crippen LogP contribution in [0.3, 0.4) is 0 Å². The van der Waals surface area contributed by atoms with Gasteiger partial charge < -0.3 is 9.84 Å². The molecule has 0 bridgehead atoms. The summed E-state index contributed by atoms with van der Waals surface area (Å²) in [6.07, 6.45) is 0.643. The zero-order valence-electron chi connectivity index (χ0n) is 13.1. The van der Waals surface area contributed by atoms with E-state index in [1.54, 1.807) is 25.1 Å². The Morgan fingerprint density at radius 1 is 1.29 bits per heavy atom. The molecular formula is C17H16Br2N2O3. The quantitative estimate of drug-likeness (QED) is 0.525. The molecule has 7 heteroatoms. The molecule has 0 saturated carbocycles. The van der Waals surface area contributed by atoms with E-state index >= 15 is 0 Å². The van der Waals surface area contributed by atoms with Crippen LogP contribution in [0.5, 0.6) is 11.5 Å². The molecule has 2 aromatic carbocycles. The minimum Gasteiger partial charge on any atom is -0.507 e. The number of nitrogens with one attached hydrogen (secondary N) is 1. The monoisotopic (exact) mass is 454 g/mol. The van der Waals surface area contributed by atoms with Crippen molar-refractivity contribution < 1.29 is 14.6 Å². The van der Waals surface area contributed by atoms with E-state index in [0.717, 1.165) is 14.5 Å². The fraction of sp³-hybridized carbons (Fsp3) is 0.176. The number of carbonyl (C=O) groups is 1. The van der Waals surface area contributed by atoms with Crippen molar-refractivity contribution in [3.05, 3.63) is 56.5 Å². The number of benzene rings is 2. The summed E-state index contributed by atoms with van der Waals surface area (Å²) >= 11 is 6.71. The van der Waals surface area contributed by atoms with Crippen LogP contribution in [0.1, 0.15) is 18.1 Å². The van der Waals surface area contributed by atoms with Crippen molar-refractivity contribution >= 4 is 44.0 Å². The van der Waals surface area contributed by atoms with Gasteiger partial charge in [-0.25, -0.2) is 5.43 Å². The van der Waals surface area contributed by atoms with Crippen LogP contribution in [0, 0.1) is 6.92 Å². The van der Waals surface area contributed by atoms with Crippen molar-refractivity contribution in [3.8, 4) is 11.5 Å². The van der Waals surface area contributed by atoms with Crippen LogP contribution in [-0.2, 0) is 4.79 Å². The maximum Gasteiger partial charge on any atom is 0.280 e. The van der Waals surface area contributed by atoms with E-state index < -0.39 is 12.0 Å². The van der Waals surface area contributed by atoms with Gasteiger partial charge >= 0.3 is 0 Å². The maximum atomic E-state index is 12.0. The molecule has 0 aliphatic carbocycles. The summed E-state index contributed by atoms with van der Waals surface area (Å²) in [5, 5.41) is 13.5. The Morgan fingerprint density at radius 2 is 2.04 bits per heavy atom. The number of halogens is 2. The van der Waals surface area contributed by atoms with E-state index in [2.05, 4.69) is 42.4 Å². The van der Waals surface area contributed by atoms with Gasteiger partial charge in [0.1, 0.15) is 11.5 Å². The lowest BCUT2D eigenvalue weighted by atomic mass is 10.2. The van der Waals surface area contributed by atoms with Crippen molar-refractivity contribution in [2.24, 2.45) is 5.10 Å². The Balaban J connectivity index is 1.96. The molecule has 0 fully saturated rings. The average molecular weight is 456 g/mol. The van der Waals surface area contributed by atoms with Crippen LogP contribution in [0.4, 0.5) is 0 Å². The number of hydrogen-bond acceptors (Lipinski definition) is 4. The highest BCUT2D eigenvalue weighted by molar-refractivity contribution is 9.10. The zero-order chi connectivity index (χ0) is 17.7. The van der Waals surface area contributed by atoms with E-state index in [1.165, 1.54) is 12.3 Å². The van der Waals surface area contributed by atoms with Crippen molar-refractivity contribution in [2.45, 2.75) is 20.0 Å². The molecule has 1 unspecified atom stereocenters. The molecule has 0 aliphatic rings. The molecule has 1 amide bonds. The molecule has 2 N–H and O–H groups in total. The molecule has 1 atom stereocenters. The highest BCUT2D eigenvalue weighted by atomic mass is 79.9. The van der Waals surface area contributed by atoms with E-state index in [-0.39, 0.29) is 5.75 Å². The highest BCUT2D eigenvalue weighted by Crippen LogP contribution is 2.26. The molecule has 126 valence electrons. The van der Waals surface area contributed by atoms with Gasteiger partial charge in [0.05, 0.1) is 10.7 Å². The summed E-state index contributed by atoms with van der Waals surface area (Å²) in [5.74, 6) is 0.258. The Bertz CT molecular complexity index is 778. The average Bonchev–Trinajstić information content (AvgIpc) is 2.53. The maximum absolute atomic E-state index is 12.0. The second-order valence-corrected chi connectivity index (χ2v) is 6.90. The zero-order valence-corrected chi connectivity index (χ0v) is 16.3. The number of carbonyl (C=O) groups excluding carboxylic acids is 1. The molecular weight excluding hydrogens is 440 g/mol. The van der Waals surface area contributed by atoms with E-state index in [0.29, 0.717) is 11.3 Å². The number of aryl methyl sites for hydroxylation is 1. The van der Waals surface area contributed by atoms with Gasteiger partial charge in [0, 0.05) is 10.0 Å². The third-order valence-electron chi connectivity index (χ3n) is 3.13. The van der Waals surface area contributed by atoms with Crippen LogP contribution in [-0.4, -0.2) is 23.3 Å². The summed E-state index contributed by atoms with van der Waals surface area (Å²) in [4.78, 5) is 12.0. The number of phenols is 1. The first kappa shape index (κ1) is 18.5. The molecule has 5 nitrogen and oxygen atoms in total. The van der Waals surface area contributed by atoms with Crippen LogP contribution in [0.25, 0.3) is 0 Å². The molecule has 2 aromatic rings. The largest absolute Gasteiger partial charge is 0.507 e. The molecule has 0 radical (unpaired) electrons. The lowest BCUT2D eigenvalue weighted by Crippen LogP contribution is -2.33. The van der Waals surface area contributed by atoms with Crippen molar-refractivity contribution in [1.29, 1.82) is 0 Å². The van der Waals surface area contributed by atoms with Gasteiger partial charge in [-0.05, 0) is 65.7 Å². The standard InChI is InChI=1S/C17H16Br2N2O3/c1-10-3-6-16(14(19)7-10)24-11(2)17(23)21-20-9-12-8-13(18)4-5-15(12)22/h3-9,11,22H,1-2H3,(H,21,23)/b20-9+. The smallest absolute Gasteiger partial charge is 0.280 e. The number of hydrogen-bond donors (Lipinski definition) is 2. The Kier molecular flexibility index (Phi) is 6.39.